The number of amides is 4. The van der Waals surface area contributed by atoms with Crippen molar-refractivity contribution in [3.8, 4) is 11.5 Å². The van der Waals surface area contributed by atoms with Gasteiger partial charge in [-0.1, -0.05) is 23.8 Å². The summed E-state index contributed by atoms with van der Waals surface area (Å²) in [6, 6.07) is 11.7. The van der Waals surface area contributed by atoms with Crippen LogP contribution in [-0.2, 0) is 15.1 Å². The van der Waals surface area contributed by atoms with E-state index in [0.717, 1.165) is 10.5 Å². The molecular formula is C20H19N3O5. The summed E-state index contributed by atoms with van der Waals surface area (Å²) < 4.78 is 10.6. The lowest BCUT2D eigenvalue weighted by Gasteiger charge is -2.22. The van der Waals surface area contributed by atoms with Gasteiger partial charge in [0.25, 0.3) is 5.91 Å². The molecule has 2 aromatic carbocycles. The van der Waals surface area contributed by atoms with Crippen LogP contribution in [0.15, 0.2) is 42.5 Å². The predicted octanol–water partition coefficient (Wildman–Crippen LogP) is 2.13. The highest BCUT2D eigenvalue weighted by Gasteiger charge is 2.49. The summed E-state index contributed by atoms with van der Waals surface area (Å²) in [5.74, 6) is 0.132. The minimum absolute atomic E-state index is 0.112. The third kappa shape index (κ3) is 3.02. The van der Waals surface area contributed by atoms with Gasteiger partial charge >= 0.3 is 6.03 Å². The van der Waals surface area contributed by atoms with Gasteiger partial charge in [0.2, 0.25) is 12.7 Å². The van der Waals surface area contributed by atoms with Crippen molar-refractivity contribution in [2.24, 2.45) is 0 Å². The number of urea groups is 1. The van der Waals surface area contributed by atoms with Crippen LogP contribution >= 0.6 is 0 Å². The molecule has 0 spiro atoms. The number of imide groups is 1. The van der Waals surface area contributed by atoms with Crippen LogP contribution in [0.1, 0.15) is 18.1 Å². The quantitative estimate of drug-likeness (QED) is 0.791. The Morgan fingerprint density at radius 1 is 1.14 bits per heavy atom. The summed E-state index contributed by atoms with van der Waals surface area (Å²) in [6.07, 6.45) is 0. The number of benzene rings is 2. The summed E-state index contributed by atoms with van der Waals surface area (Å²) in [5.41, 5.74) is 0.923. The lowest BCUT2D eigenvalue weighted by atomic mass is 9.91. The van der Waals surface area contributed by atoms with E-state index in [1.165, 1.54) is 0 Å². The second-order valence-corrected chi connectivity index (χ2v) is 6.93. The third-order valence-corrected chi connectivity index (χ3v) is 4.86. The first kappa shape index (κ1) is 17.8. The highest BCUT2D eigenvalue weighted by molar-refractivity contribution is 6.10. The standard InChI is InChI=1S/C20H19N3O5/c1-12-3-6-14(7-4-12)21-17(24)10-23-18(25)20(2,22-19(23)26)13-5-8-15-16(9-13)28-11-27-15/h3-9H,10-11H2,1-2H3,(H,21,24)(H,22,26)/t20-/m0/s1. The summed E-state index contributed by atoms with van der Waals surface area (Å²) in [7, 11) is 0. The number of aryl methyl sites for hydroxylation is 1. The maximum atomic E-state index is 13.0. The van der Waals surface area contributed by atoms with E-state index in [9.17, 15) is 14.4 Å². The molecule has 2 aliphatic rings. The van der Waals surface area contributed by atoms with Crippen molar-refractivity contribution in [1.82, 2.24) is 10.2 Å². The second-order valence-electron chi connectivity index (χ2n) is 6.93. The number of hydrogen-bond acceptors (Lipinski definition) is 5. The smallest absolute Gasteiger partial charge is 0.325 e. The molecule has 0 aliphatic carbocycles. The summed E-state index contributed by atoms with van der Waals surface area (Å²) in [4.78, 5) is 38.6. The zero-order chi connectivity index (χ0) is 19.9. The summed E-state index contributed by atoms with van der Waals surface area (Å²) in [6.45, 7) is 3.28. The van der Waals surface area contributed by atoms with Gasteiger partial charge in [0.05, 0.1) is 0 Å². The first-order valence-corrected chi connectivity index (χ1v) is 8.77. The van der Waals surface area contributed by atoms with Gasteiger partial charge in [0.1, 0.15) is 12.1 Å². The second kappa shape index (κ2) is 6.56. The van der Waals surface area contributed by atoms with Gasteiger partial charge < -0.3 is 20.1 Å². The molecule has 0 saturated carbocycles. The summed E-state index contributed by atoms with van der Waals surface area (Å²) >= 11 is 0. The average molecular weight is 381 g/mol. The van der Waals surface area contributed by atoms with Gasteiger partial charge in [0, 0.05) is 5.69 Å². The van der Waals surface area contributed by atoms with Crippen LogP contribution in [0.25, 0.3) is 0 Å². The normalized spacial score (nSPS) is 20.3. The number of carbonyl (C=O) groups excluding carboxylic acids is 3. The Balaban J connectivity index is 1.50. The van der Waals surface area contributed by atoms with Crippen LogP contribution in [0.3, 0.4) is 0 Å². The number of nitrogens with zero attached hydrogens (tertiary/aromatic N) is 1. The van der Waals surface area contributed by atoms with Crippen molar-refractivity contribution in [2.75, 3.05) is 18.7 Å². The Morgan fingerprint density at radius 2 is 1.86 bits per heavy atom. The van der Waals surface area contributed by atoms with Gasteiger partial charge in [-0.2, -0.15) is 0 Å². The number of carbonyl (C=O) groups is 3. The molecule has 144 valence electrons. The van der Waals surface area contributed by atoms with Crippen LogP contribution in [0, 0.1) is 6.92 Å². The minimum atomic E-state index is -1.29. The van der Waals surface area contributed by atoms with Crippen molar-refractivity contribution >= 4 is 23.5 Å². The molecule has 1 atom stereocenters. The molecule has 8 nitrogen and oxygen atoms in total. The number of rotatable bonds is 4. The van der Waals surface area contributed by atoms with E-state index in [4.69, 9.17) is 9.47 Å². The highest BCUT2D eigenvalue weighted by atomic mass is 16.7. The van der Waals surface area contributed by atoms with E-state index in [2.05, 4.69) is 10.6 Å². The predicted molar refractivity (Wildman–Crippen MR) is 100.0 cm³/mol. The molecular weight excluding hydrogens is 362 g/mol. The highest BCUT2D eigenvalue weighted by Crippen LogP contribution is 2.37. The molecule has 0 aromatic heterocycles. The Labute approximate surface area is 161 Å². The van der Waals surface area contributed by atoms with Gasteiger partial charge in [-0.3, -0.25) is 14.5 Å². The molecule has 0 bridgehead atoms. The molecule has 8 heteroatoms. The first-order chi connectivity index (χ1) is 13.4. The van der Waals surface area contributed by atoms with Crippen LogP contribution in [0.2, 0.25) is 0 Å². The maximum Gasteiger partial charge on any atom is 0.325 e. The lowest BCUT2D eigenvalue weighted by molar-refractivity contribution is -0.133. The van der Waals surface area contributed by atoms with Crippen molar-refractivity contribution in [1.29, 1.82) is 0 Å². The lowest BCUT2D eigenvalue weighted by Crippen LogP contribution is -2.42. The Hall–Kier alpha value is -3.55. The first-order valence-electron chi connectivity index (χ1n) is 8.77. The maximum absolute atomic E-state index is 13.0. The van der Waals surface area contributed by atoms with Crippen molar-refractivity contribution in [2.45, 2.75) is 19.4 Å². The Morgan fingerprint density at radius 3 is 2.61 bits per heavy atom. The van der Waals surface area contributed by atoms with Crippen LogP contribution in [0.5, 0.6) is 11.5 Å². The van der Waals surface area contributed by atoms with Crippen molar-refractivity contribution in [3.05, 3.63) is 53.6 Å². The molecule has 4 amide bonds. The fraction of sp³-hybridized carbons (Fsp3) is 0.250. The van der Waals surface area contributed by atoms with E-state index in [1.54, 1.807) is 37.3 Å². The SMILES string of the molecule is Cc1ccc(NC(=O)CN2C(=O)N[C@@](C)(c3ccc4c(c3)OCO4)C2=O)cc1. The molecule has 2 heterocycles. The third-order valence-electron chi connectivity index (χ3n) is 4.86. The van der Waals surface area contributed by atoms with Crippen LogP contribution < -0.4 is 20.1 Å². The number of ether oxygens (including phenoxy) is 2. The van der Waals surface area contributed by atoms with Crippen molar-refractivity contribution < 1.29 is 23.9 Å². The van der Waals surface area contributed by atoms with Crippen molar-refractivity contribution in [3.63, 3.8) is 0 Å². The van der Waals surface area contributed by atoms with Gasteiger partial charge in [0.15, 0.2) is 11.5 Å². The zero-order valence-electron chi connectivity index (χ0n) is 15.4. The minimum Gasteiger partial charge on any atom is -0.454 e. The zero-order valence-corrected chi connectivity index (χ0v) is 15.4. The molecule has 28 heavy (non-hydrogen) atoms. The summed E-state index contributed by atoms with van der Waals surface area (Å²) in [5, 5.41) is 5.36. The monoisotopic (exact) mass is 381 g/mol. The largest absolute Gasteiger partial charge is 0.454 e. The number of hydrogen-bond donors (Lipinski definition) is 2. The van der Waals surface area contributed by atoms with E-state index < -0.39 is 23.4 Å². The molecule has 2 aliphatic heterocycles. The molecule has 2 N–H and O–H groups in total. The fourth-order valence-corrected chi connectivity index (χ4v) is 3.22. The molecule has 1 saturated heterocycles. The Kier molecular flexibility index (Phi) is 4.18. The topological polar surface area (TPSA) is 97.0 Å². The van der Waals surface area contributed by atoms with E-state index in [0.29, 0.717) is 22.7 Å². The van der Waals surface area contributed by atoms with Gasteiger partial charge in [-0.25, -0.2) is 4.79 Å². The van der Waals surface area contributed by atoms with E-state index in [1.807, 2.05) is 19.1 Å². The Bertz CT molecular complexity index is 972. The molecule has 2 aromatic rings. The fourth-order valence-electron chi connectivity index (χ4n) is 3.22. The number of fused-ring (bicyclic) bond motifs is 1. The molecule has 1 fully saturated rings. The molecule has 0 radical (unpaired) electrons. The average Bonchev–Trinajstić information content (AvgIpc) is 3.22. The molecule has 4 rings (SSSR count). The number of nitrogens with one attached hydrogen (secondary N) is 2. The van der Waals surface area contributed by atoms with E-state index >= 15 is 0 Å². The molecule has 0 unspecified atom stereocenters. The van der Waals surface area contributed by atoms with E-state index in [-0.39, 0.29) is 13.3 Å². The van der Waals surface area contributed by atoms with Crippen LogP contribution in [-0.4, -0.2) is 36.1 Å². The van der Waals surface area contributed by atoms with Gasteiger partial charge in [-0.05, 0) is 43.7 Å². The number of anilines is 1. The van der Waals surface area contributed by atoms with Crippen LogP contribution in [0.4, 0.5) is 10.5 Å². The van der Waals surface area contributed by atoms with Gasteiger partial charge in [-0.15, -0.1) is 0 Å².